The van der Waals surface area contributed by atoms with E-state index in [1.807, 2.05) is 30.3 Å². The zero-order valence-electron chi connectivity index (χ0n) is 10.00. The van der Waals surface area contributed by atoms with Gasteiger partial charge in [0.2, 0.25) is 0 Å². The van der Waals surface area contributed by atoms with Crippen LogP contribution in [0.1, 0.15) is 0 Å². The van der Waals surface area contributed by atoms with Crippen LogP contribution in [0.2, 0.25) is 10.0 Å². The third kappa shape index (κ3) is 4.60. The van der Waals surface area contributed by atoms with E-state index in [0.29, 0.717) is 23.2 Å². The first-order valence-corrected chi connectivity index (χ1v) is 7.27. The van der Waals surface area contributed by atoms with Crippen LogP contribution in [0.5, 0.6) is 5.75 Å². The first-order valence-electron chi connectivity index (χ1n) is 5.72. The highest BCUT2D eigenvalue weighted by molar-refractivity contribution is 9.10. The van der Waals surface area contributed by atoms with Gasteiger partial charge in [-0.15, -0.1) is 0 Å². The quantitative estimate of drug-likeness (QED) is 0.735. The highest BCUT2D eigenvalue weighted by Crippen LogP contribution is 2.25. The van der Waals surface area contributed by atoms with Crippen molar-refractivity contribution in [3.63, 3.8) is 0 Å². The van der Waals surface area contributed by atoms with Gasteiger partial charge >= 0.3 is 0 Å². The topological polar surface area (TPSA) is 21.3 Å². The summed E-state index contributed by atoms with van der Waals surface area (Å²) in [7, 11) is 0. The van der Waals surface area contributed by atoms with E-state index >= 15 is 0 Å². The first-order chi connectivity index (χ1) is 9.15. The molecule has 100 valence electrons. The molecule has 0 radical (unpaired) electrons. The van der Waals surface area contributed by atoms with Gasteiger partial charge in [0.1, 0.15) is 12.4 Å². The van der Waals surface area contributed by atoms with Crippen molar-refractivity contribution in [3.05, 3.63) is 57.0 Å². The van der Waals surface area contributed by atoms with Crippen molar-refractivity contribution < 1.29 is 4.74 Å². The molecule has 19 heavy (non-hydrogen) atoms. The summed E-state index contributed by atoms with van der Waals surface area (Å²) in [5.74, 6) is 0.840. The third-order valence-corrected chi connectivity index (χ3v) is 3.51. The zero-order valence-corrected chi connectivity index (χ0v) is 13.1. The molecule has 5 heteroatoms. The Labute approximate surface area is 130 Å². The van der Waals surface area contributed by atoms with Gasteiger partial charge in [-0.2, -0.15) is 0 Å². The van der Waals surface area contributed by atoms with Crippen LogP contribution in [-0.4, -0.2) is 13.2 Å². The second-order valence-corrected chi connectivity index (χ2v) is 5.61. The molecule has 2 aromatic carbocycles. The van der Waals surface area contributed by atoms with Crippen molar-refractivity contribution in [1.82, 2.24) is 0 Å². The Bertz CT molecular complexity index is 546. The lowest BCUT2D eigenvalue weighted by molar-refractivity contribution is 0.333. The molecule has 0 bridgehead atoms. The largest absolute Gasteiger partial charge is 0.492 e. The number of benzene rings is 2. The van der Waals surface area contributed by atoms with Crippen LogP contribution in [0.25, 0.3) is 0 Å². The lowest BCUT2D eigenvalue weighted by atomic mass is 10.3. The van der Waals surface area contributed by atoms with Crippen molar-refractivity contribution in [3.8, 4) is 5.75 Å². The lowest BCUT2D eigenvalue weighted by Gasteiger charge is -2.10. The molecule has 2 aromatic rings. The summed E-state index contributed by atoms with van der Waals surface area (Å²) >= 11 is 15.3. The molecule has 0 aromatic heterocycles. The average molecular weight is 361 g/mol. The smallest absolute Gasteiger partial charge is 0.119 e. The van der Waals surface area contributed by atoms with E-state index in [4.69, 9.17) is 27.9 Å². The molecule has 0 saturated heterocycles. The lowest BCUT2D eigenvalue weighted by Crippen LogP contribution is -2.11. The Morgan fingerprint density at radius 2 is 1.79 bits per heavy atom. The summed E-state index contributed by atoms with van der Waals surface area (Å²) in [5, 5.41) is 4.43. The Morgan fingerprint density at radius 3 is 2.47 bits per heavy atom. The highest BCUT2D eigenvalue weighted by atomic mass is 79.9. The van der Waals surface area contributed by atoms with Crippen molar-refractivity contribution in [2.75, 3.05) is 18.5 Å². The van der Waals surface area contributed by atoms with Crippen LogP contribution in [0.3, 0.4) is 0 Å². The van der Waals surface area contributed by atoms with Gasteiger partial charge in [0, 0.05) is 16.0 Å². The number of anilines is 1. The van der Waals surface area contributed by atoms with Gasteiger partial charge in [-0.05, 0) is 42.5 Å². The molecule has 1 N–H and O–H groups in total. The summed E-state index contributed by atoms with van der Waals surface area (Å²) in [6.45, 7) is 1.22. The standard InChI is InChI=1S/C14H12BrCl2NO/c15-10-1-4-12(5-2-10)19-8-7-18-14-6-3-11(16)9-13(14)17/h1-6,9,18H,7-8H2. The second kappa shape index (κ2) is 7.04. The fourth-order valence-corrected chi connectivity index (χ4v) is 2.26. The minimum atomic E-state index is 0.556. The van der Waals surface area contributed by atoms with E-state index in [1.165, 1.54) is 0 Å². The molecular formula is C14H12BrCl2NO. The molecule has 0 spiro atoms. The summed E-state index contributed by atoms with van der Waals surface area (Å²) in [5.41, 5.74) is 0.852. The monoisotopic (exact) mass is 359 g/mol. The molecule has 2 nitrogen and oxygen atoms in total. The Kier molecular flexibility index (Phi) is 5.37. The zero-order chi connectivity index (χ0) is 13.7. The van der Waals surface area contributed by atoms with Crippen molar-refractivity contribution in [1.29, 1.82) is 0 Å². The van der Waals surface area contributed by atoms with Crippen LogP contribution in [0.4, 0.5) is 5.69 Å². The summed E-state index contributed by atoms with van der Waals surface area (Å²) in [6.07, 6.45) is 0. The molecule has 0 aliphatic carbocycles. The summed E-state index contributed by atoms with van der Waals surface area (Å²) in [4.78, 5) is 0. The number of hydrogen-bond acceptors (Lipinski definition) is 2. The molecule has 0 aliphatic heterocycles. The molecule has 2 rings (SSSR count). The fourth-order valence-electron chi connectivity index (χ4n) is 1.52. The van der Waals surface area contributed by atoms with E-state index in [-0.39, 0.29) is 0 Å². The van der Waals surface area contributed by atoms with E-state index in [1.54, 1.807) is 12.1 Å². The maximum Gasteiger partial charge on any atom is 0.119 e. The molecule has 0 atom stereocenters. The third-order valence-electron chi connectivity index (χ3n) is 2.43. The normalized spacial score (nSPS) is 10.3. The maximum absolute atomic E-state index is 6.05. The van der Waals surface area contributed by atoms with Gasteiger partial charge in [0.05, 0.1) is 10.7 Å². The highest BCUT2D eigenvalue weighted by Gasteiger charge is 2.00. The summed E-state index contributed by atoms with van der Waals surface area (Å²) in [6, 6.07) is 13.1. The predicted octanol–water partition coefficient (Wildman–Crippen LogP) is 5.25. The number of ether oxygens (including phenoxy) is 1. The summed E-state index contributed by atoms with van der Waals surface area (Å²) < 4.78 is 6.63. The number of nitrogens with one attached hydrogen (secondary N) is 1. The van der Waals surface area contributed by atoms with Crippen LogP contribution < -0.4 is 10.1 Å². The predicted molar refractivity (Wildman–Crippen MR) is 84.6 cm³/mol. The minimum absolute atomic E-state index is 0.556. The Balaban J connectivity index is 1.79. The van der Waals surface area contributed by atoms with Gasteiger partial charge < -0.3 is 10.1 Å². The minimum Gasteiger partial charge on any atom is -0.492 e. The number of halogens is 3. The molecule has 0 heterocycles. The van der Waals surface area contributed by atoms with Crippen molar-refractivity contribution >= 4 is 44.8 Å². The Hall–Kier alpha value is -0.900. The van der Waals surface area contributed by atoms with E-state index < -0.39 is 0 Å². The molecule has 0 unspecified atom stereocenters. The molecule has 0 aliphatic rings. The van der Waals surface area contributed by atoms with Gasteiger partial charge in [-0.1, -0.05) is 39.1 Å². The Morgan fingerprint density at radius 1 is 1.05 bits per heavy atom. The number of hydrogen-bond donors (Lipinski definition) is 1. The van der Waals surface area contributed by atoms with Crippen LogP contribution >= 0.6 is 39.1 Å². The SMILES string of the molecule is Clc1ccc(NCCOc2ccc(Br)cc2)c(Cl)c1. The van der Waals surface area contributed by atoms with Crippen LogP contribution in [0.15, 0.2) is 46.9 Å². The van der Waals surface area contributed by atoms with Crippen LogP contribution in [0, 0.1) is 0 Å². The fraction of sp³-hybridized carbons (Fsp3) is 0.143. The number of rotatable bonds is 5. The maximum atomic E-state index is 6.05. The van der Waals surface area contributed by atoms with E-state index in [0.717, 1.165) is 15.9 Å². The van der Waals surface area contributed by atoms with E-state index in [2.05, 4.69) is 21.2 Å². The van der Waals surface area contributed by atoms with Crippen molar-refractivity contribution in [2.24, 2.45) is 0 Å². The first kappa shape index (κ1) is 14.5. The van der Waals surface area contributed by atoms with E-state index in [9.17, 15) is 0 Å². The van der Waals surface area contributed by atoms with Gasteiger partial charge in [0.15, 0.2) is 0 Å². The molecule has 0 amide bonds. The average Bonchev–Trinajstić information content (AvgIpc) is 2.39. The van der Waals surface area contributed by atoms with Crippen LogP contribution in [-0.2, 0) is 0 Å². The molecule has 0 saturated carbocycles. The van der Waals surface area contributed by atoms with Gasteiger partial charge in [-0.25, -0.2) is 0 Å². The molecule has 0 fully saturated rings. The van der Waals surface area contributed by atoms with Gasteiger partial charge in [-0.3, -0.25) is 0 Å². The molecular weight excluding hydrogens is 349 g/mol. The van der Waals surface area contributed by atoms with Gasteiger partial charge in [0.25, 0.3) is 0 Å². The second-order valence-electron chi connectivity index (χ2n) is 3.85. The van der Waals surface area contributed by atoms with Crippen molar-refractivity contribution in [2.45, 2.75) is 0 Å².